The fraction of sp³-hybridized carbons (Fsp3) is 0.143. The third kappa shape index (κ3) is 1.27. The van der Waals surface area contributed by atoms with Gasteiger partial charge in [-0.15, -0.1) is 0 Å². The van der Waals surface area contributed by atoms with E-state index in [1.165, 1.54) is 5.39 Å². The van der Waals surface area contributed by atoms with Gasteiger partial charge in [0.15, 0.2) is 0 Å². The molecule has 0 saturated heterocycles. The normalized spacial score (nSPS) is 13.3. The minimum atomic E-state index is 0.633. The number of benzene rings is 2. The van der Waals surface area contributed by atoms with Crippen LogP contribution in [0.5, 0.6) is 11.5 Å². The minimum absolute atomic E-state index is 0.633. The SMILES string of the molecule is COc1cc2c(c3ccccc13)C=CCO2. The van der Waals surface area contributed by atoms with Crippen LogP contribution in [0.1, 0.15) is 5.56 Å². The smallest absolute Gasteiger partial charge is 0.131 e. The van der Waals surface area contributed by atoms with Gasteiger partial charge in [-0.2, -0.15) is 0 Å². The summed E-state index contributed by atoms with van der Waals surface area (Å²) >= 11 is 0. The maximum Gasteiger partial charge on any atom is 0.131 e. The molecule has 2 nitrogen and oxygen atoms in total. The molecule has 0 saturated carbocycles. The summed E-state index contributed by atoms with van der Waals surface area (Å²) < 4.78 is 11.0. The summed E-state index contributed by atoms with van der Waals surface area (Å²) in [5.74, 6) is 1.77. The van der Waals surface area contributed by atoms with E-state index in [1.54, 1.807) is 7.11 Å². The van der Waals surface area contributed by atoms with Gasteiger partial charge in [-0.3, -0.25) is 0 Å². The zero-order valence-corrected chi connectivity index (χ0v) is 9.07. The highest BCUT2D eigenvalue weighted by atomic mass is 16.5. The van der Waals surface area contributed by atoms with Crippen LogP contribution in [0.15, 0.2) is 36.4 Å². The maximum absolute atomic E-state index is 5.61. The highest BCUT2D eigenvalue weighted by Crippen LogP contribution is 2.37. The second-order valence-corrected chi connectivity index (χ2v) is 3.75. The molecule has 3 rings (SSSR count). The largest absolute Gasteiger partial charge is 0.496 e. The Balaban J connectivity index is 2.42. The Morgan fingerprint density at radius 2 is 2.00 bits per heavy atom. The van der Waals surface area contributed by atoms with Crippen LogP contribution in [0.25, 0.3) is 16.8 Å². The standard InChI is InChI=1S/C14H12O2/c1-15-13-9-14-12(7-4-8-16-14)10-5-2-3-6-11(10)13/h2-7,9H,8H2,1H3. The van der Waals surface area contributed by atoms with Crippen molar-refractivity contribution in [2.75, 3.05) is 13.7 Å². The average Bonchev–Trinajstić information content (AvgIpc) is 2.38. The Kier molecular flexibility index (Phi) is 2.07. The van der Waals surface area contributed by atoms with Crippen LogP contribution < -0.4 is 9.47 Å². The third-order valence-electron chi connectivity index (χ3n) is 2.85. The molecular weight excluding hydrogens is 200 g/mol. The molecule has 0 unspecified atom stereocenters. The van der Waals surface area contributed by atoms with Crippen molar-refractivity contribution in [3.05, 3.63) is 42.0 Å². The molecule has 1 aliphatic rings. The molecule has 0 bridgehead atoms. The summed E-state index contributed by atoms with van der Waals surface area (Å²) in [4.78, 5) is 0. The summed E-state index contributed by atoms with van der Waals surface area (Å²) in [6, 6.07) is 10.2. The van der Waals surface area contributed by atoms with Crippen molar-refractivity contribution >= 4 is 16.8 Å². The van der Waals surface area contributed by atoms with Gasteiger partial charge in [0.25, 0.3) is 0 Å². The van der Waals surface area contributed by atoms with Crippen molar-refractivity contribution in [2.45, 2.75) is 0 Å². The molecule has 0 aromatic heterocycles. The lowest BCUT2D eigenvalue weighted by molar-refractivity contribution is 0.354. The number of rotatable bonds is 1. The molecule has 0 amide bonds. The van der Waals surface area contributed by atoms with Crippen LogP contribution in [0.4, 0.5) is 0 Å². The number of hydrogen-bond acceptors (Lipinski definition) is 2. The van der Waals surface area contributed by atoms with Crippen LogP contribution in [-0.4, -0.2) is 13.7 Å². The second-order valence-electron chi connectivity index (χ2n) is 3.75. The van der Waals surface area contributed by atoms with Crippen molar-refractivity contribution < 1.29 is 9.47 Å². The zero-order valence-electron chi connectivity index (χ0n) is 9.07. The van der Waals surface area contributed by atoms with E-state index in [0.717, 1.165) is 22.4 Å². The van der Waals surface area contributed by atoms with Gasteiger partial charge in [0.1, 0.15) is 18.1 Å². The predicted molar refractivity (Wildman–Crippen MR) is 65.0 cm³/mol. The van der Waals surface area contributed by atoms with Gasteiger partial charge >= 0.3 is 0 Å². The Labute approximate surface area is 94.1 Å². The highest BCUT2D eigenvalue weighted by molar-refractivity contribution is 5.97. The summed E-state index contributed by atoms with van der Waals surface area (Å²) in [7, 11) is 1.69. The van der Waals surface area contributed by atoms with Crippen molar-refractivity contribution in [3.63, 3.8) is 0 Å². The molecule has 0 fully saturated rings. The van der Waals surface area contributed by atoms with E-state index in [4.69, 9.17) is 9.47 Å². The fourth-order valence-corrected chi connectivity index (χ4v) is 2.10. The van der Waals surface area contributed by atoms with Crippen LogP contribution in [0.2, 0.25) is 0 Å². The van der Waals surface area contributed by atoms with Crippen LogP contribution in [0, 0.1) is 0 Å². The summed E-state index contributed by atoms with van der Waals surface area (Å²) in [5, 5.41) is 2.30. The van der Waals surface area contributed by atoms with E-state index in [-0.39, 0.29) is 0 Å². The lowest BCUT2D eigenvalue weighted by Gasteiger charge is -2.16. The van der Waals surface area contributed by atoms with E-state index < -0.39 is 0 Å². The van der Waals surface area contributed by atoms with Crippen molar-refractivity contribution in [3.8, 4) is 11.5 Å². The second kappa shape index (κ2) is 3.56. The van der Waals surface area contributed by atoms with E-state index in [9.17, 15) is 0 Å². The number of methoxy groups -OCH3 is 1. The third-order valence-corrected chi connectivity index (χ3v) is 2.85. The number of ether oxygens (including phenoxy) is 2. The molecule has 1 aliphatic heterocycles. The zero-order chi connectivity index (χ0) is 11.0. The van der Waals surface area contributed by atoms with Crippen molar-refractivity contribution in [1.82, 2.24) is 0 Å². The van der Waals surface area contributed by atoms with Crippen molar-refractivity contribution in [1.29, 1.82) is 0 Å². The number of hydrogen-bond donors (Lipinski definition) is 0. The molecule has 1 heterocycles. The molecule has 2 heteroatoms. The first-order valence-electron chi connectivity index (χ1n) is 5.29. The lowest BCUT2D eigenvalue weighted by atomic mass is 10.0. The summed E-state index contributed by atoms with van der Waals surface area (Å²) in [6.07, 6.45) is 4.14. The highest BCUT2D eigenvalue weighted by Gasteiger charge is 2.13. The summed E-state index contributed by atoms with van der Waals surface area (Å²) in [5.41, 5.74) is 1.14. The Morgan fingerprint density at radius 3 is 2.81 bits per heavy atom. The maximum atomic E-state index is 5.61. The van der Waals surface area contributed by atoms with Gasteiger partial charge < -0.3 is 9.47 Å². The van der Waals surface area contributed by atoms with Gasteiger partial charge in [-0.05, 0) is 11.5 Å². The molecule has 16 heavy (non-hydrogen) atoms. The molecule has 0 radical (unpaired) electrons. The van der Waals surface area contributed by atoms with Gasteiger partial charge in [-0.25, -0.2) is 0 Å². The first-order valence-corrected chi connectivity index (χ1v) is 5.29. The lowest BCUT2D eigenvalue weighted by Crippen LogP contribution is -2.01. The summed E-state index contributed by atoms with van der Waals surface area (Å²) in [6.45, 7) is 0.633. The van der Waals surface area contributed by atoms with E-state index >= 15 is 0 Å². The quantitative estimate of drug-likeness (QED) is 0.722. The molecular formula is C14H12O2. The number of fused-ring (bicyclic) bond motifs is 3. The Bertz CT molecular complexity index is 570. The average molecular weight is 212 g/mol. The van der Waals surface area contributed by atoms with Gasteiger partial charge in [0.2, 0.25) is 0 Å². The Hall–Kier alpha value is -1.96. The van der Waals surface area contributed by atoms with Crippen LogP contribution in [0.3, 0.4) is 0 Å². The molecule has 0 N–H and O–H groups in total. The molecule has 0 atom stereocenters. The Morgan fingerprint density at radius 1 is 1.19 bits per heavy atom. The van der Waals surface area contributed by atoms with E-state index in [2.05, 4.69) is 18.2 Å². The predicted octanol–water partition coefficient (Wildman–Crippen LogP) is 3.25. The van der Waals surface area contributed by atoms with Crippen molar-refractivity contribution in [2.24, 2.45) is 0 Å². The minimum Gasteiger partial charge on any atom is -0.496 e. The first kappa shape index (κ1) is 9.28. The monoisotopic (exact) mass is 212 g/mol. The van der Waals surface area contributed by atoms with Gasteiger partial charge in [0.05, 0.1) is 7.11 Å². The van der Waals surface area contributed by atoms with E-state index in [1.807, 2.05) is 24.3 Å². The topological polar surface area (TPSA) is 18.5 Å². The fourth-order valence-electron chi connectivity index (χ4n) is 2.10. The van der Waals surface area contributed by atoms with Gasteiger partial charge in [0, 0.05) is 17.0 Å². The van der Waals surface area contributed by atoms with Crippen LogP contribution in [-0.2, 0) is 0 Å². The van der Waals surface area contributed by atoms with E-state index in [0.29, 0.717) is 6.61 Å². The van der Waals surface area contributed by atoms with Crippen LogP contribution >= 0.6 is 0 Å². The first-order chi connectivity index (χ1) is 7.90. The molecule has 0 aliphatic carbocycles. The molecule has 2 aromatic carbocycles. The molecule has 80 valence electrons. The molecule has 0 spiro atoms. The molecule has 2 aromatic rings. The van der Waals surface area contributed by atoms with Gasteiger partial charge in [-0.1, -0.05) is 30.3 Å².